The van der Waals surface area contributed by atoms with Gasteiger partial charge >= 0.3 is 0 Å². The summed E-state index contributed by atoms with van der Waals surface area (Å²) in [5.74, 6) is 0. The van der Waals surface area contributed by atoms with Crippen LogP contribution in [-0.4, -0.2) is 6.21 Å². The molecule has 1 aliphatic heterocycles. The zero-order valence-corrected chi connectivity index (χ0v) is 6.53. The molecule has 1 aliphatic rings. The molecule has 0 aromatic carbocycles. The molecule has 60 valence electrons. The first-order valence-corrected chi connectivity index (χ1v) is 2.84. The average Bonchev–Trinajstić information content (AvgIpc) is 2.01. The molecule has 0 spiro atoms. The van der Waals surface area contributed by atoms with Gasteiger partial charge in [-0.2, -0.15) is 4.99 Å². The Morgan fingerprint density at radius 1 is 0.909 bits per heavy atom. The zero-order chi connectivity index (χ0) is 7.07. The van der Waals surface area contributed by atoms with Gasteiger partial charge in [0.1, 0.15) is 6.26 Å². The minimum Gasteiger partial charge on any atom is -0.276 e. The predicted octanol–water partition coefficient (Wildman–Crippen LogP) is 1.98. The maximum absolute atomic E-state index is 4.45. The lowest BCUT2D eigenvalue weighted by molar-refractivity contribution is -0.248. The Hall–Kier alpha value is -1.22. The third kappa shape index (κ3) is 5.24. The average molecular weight is 174 g/mol. The lowest BCUT2D eigenvalue weighted by Gasteiger charge is -1.89. The van der Waals surface area contributed by atoms with E-state index in [0.717, 1.165) is 0 Å². The second-order valence-electron chi connectivity index (χ2n) is 1.52. The predicted molar refractivity (Wildman–Crippen MR) is 45.3 cm³/mol. The highest BCUT2D eigenvalue weighted by atomic mass is 35.5. The van der Waals surface area contributed by atoms with Crippen LogP contribution in [0.15, 0.2) is 41.8 Å². The van der Waals surface area contributed by atoms with Crippen LogP contribution in [0.3, 0.4) is 0 Å². The first-order valence-electron chi connectivity index (χ1n) is 2.84. The molecule has 0 bridgehead atoms. The van der Waals surface area contributed by atoms with E-state index in [2.05, 4.69) is 15.0 Å². The van der Waals surface area contributed by atoms with Crippen molar-refractivity contribution in [3.05, 3.63) is 36.6 Å². The van der Waals surface area contributed by atoms with Crippen LogP contribution in [0.2, 0.25) is 0 Å². The smallest absolute Gasteiger partial charge is 0.145 e. The van der Waals surface area contributed by atoms with Crippen molar-refractivity contribution in [3.63, 3.8) is 0 Å². The van der Waals surface area contributed by atoms with E-state index in [9.17, 15) is 0 Å². The molecular formula is C7H8ClNO2. The third-order valence-electron chi connectivity index (χ3n) is 0.812. The summed E-state index contributed by atoms with van der Waals surface area (Å²) >= 11 is 0. The van der Waals surface area contributed by atoms with E-state index in [4.69, 9.17) is 0 Å². The summed E-state index contributed by atoms with van der Waals surface area (Å²) in [4.78, 5) is 8.75. The Kier molecular flexibility index (Phi) is 6.13. The molecule has 3 nitrogen and oxygen atoms in total. The van der Waals surface area contributed by atoms with Crippen molar-refractivity contribution < 1.29 is 9.88 Å². The van der Waals surface area contributed by atoms with Crippen molar-refractivity contribution in [2.75, 3.05) is 0 Å². The van der Waals surface area contributed by atoms with E-state index in [1.807, 2.05) is 18.2 Å². The topological polar surface area (TPSA) is 30.8 Å². The lowest BCUT2D eigenvalue weighted by Crippen LogP contribution is -1.77. The van der Waals surface area contributed by atoms with Gasteiger partial charge in [-0.05, 0) is 17.3 Å². The van der Waals surface area contributed by atoms with E-state index < -0.39 is 0 Å². The monoisotopic (exact) mass is 173 g/mol. The van der Waals surface area contributed by atoms with Crippen LogP contribution in [0, 0.1) is 0 Å². The van der Waals surface area contributed by atoms with Gasteiger partial charge in [-0.25, -0.2) is 0 Å². The Bertz CT molecular complexity index is 175. The van der Waals surface area contributed by atoms with Crippen LogP contribution in [0.1, 0.15) is 0 Å². The van der Waals surface area contributed by atoms with Crippen LogP contribution < -0.4 is 0 Å². The Morgan fingerprint density at radius 3 is 2.55 bits per heavy atom. The van der Waals surface area contributed by atoms with Crippen LogP contribution in [0.25, 0.3) is 0 Å². The van der Waals surface area contributed by atoms with Gasteiger partial charge in [-0.1, -0.05) is 18.2 Å². The first-order chi connectivity index (χ1) is 5.00. The lowest BCUT2D eigenvalue weighted by atomic mass is 10.4. The van der Waals surface area contributed by atoms with Crippen molar-refractivity contribution in [2.24, 2.45) is 5.16 Å². The standard InChI is InChI=1S/C7H7NO2.ClH/c1-2-4-6-8-10-9-7-5-3-1;/h1-7H;1H/b3-1?,4-2?,7-5-,8-6-;. The van der Waals surface area contributed by atoms with Gasteiger partial charge in [0.2, 0.25) is 0 Å². The fourth-order valence-corrected chi connectivity index (χ4v) is 0.429. The van der Waals surface area contributed by atoms with E-state index in [1.165, 1.54) is 12.5 Å². The molecule has 4 heteroatoms. The van der Waals surface area contributed by atoms with Crippen molar-refractivity contribution in [1.82, 2.24) is 0 Å². The molecule has 1 heterocycles. The van der Waals surface area contributed by atoms with Gasteiger partial charge in [0, 0.05) is 0 Å². The number of rotatable bonds is 0. The molecule has 0 aliphatic carbocycles. The summed E-state index contributed by atoms with van der Waals surface area (Å²) in [5, 5.41) is 3.41. The normalized spacial score (nSPS) is 20.4. The second-order valence-corrected chi connectivity index (χ2v) is 1.52. The summed E-state index contributed by atoms with van der Waals surface area (Å²) < 4.78 is 0. The fraction of sp³-hybridized carbons (Fsp3) is 0. The fourth-order valence-electron chi connectivity index (χ4n) is 0.429. The van der Waals surface area contributed by atoms with E-state index in [1.54, 1.807) is 12.2 Å². The van der Waals surface area contributed by atoms with E-state index in [0.29, 0.717) is 0 Å². The summed E-state index contributed by atoms with van der Waals surface area (Å²) in [6, 6.07) is 0. The van der Waals surface area contributed by atoms with Gasteiger partial charge in [-0.3, -0.25) is 4.89 Å². The molecule has 0 aromatic heterocycles. The second kappa shape index (κ2) is 6.89. The van der Waals surface area contributed by atoms with Gasteiger partial charge in [0.15, 0.2) is 0 Å². The van der Waals surface area contributed by atoms with Crippen molar-refractivity contribution in [3.8, 4) is 0 Å². The molecule has 0 aromatic rings. The van der Waals surface area contributed by atoms with E-state index >= 15 is 0 Å². The molecule has 0 radical (unpaired) electrons. The number of allylic oxidation sites excluding steroid dienone is 5. The minimum absolute atomic E-state index is 0. The highest BCUT2D eigenvalue weighted by Crippen LogP contribution is 1.86. The maximum atomic E-state index is 4.45. The van der Waals surface area contributed by atoms with E-state index in [-0.39, 0.29) is 12.4 Å². The van der Waals surface area contributed by atoms with Gasteiger partial charge in [-0.15, -0.1) is 12.4 Å². The molecule has 0 saturated heterocycles. The first kappa shape index (κ1) is 9.78. The molecule has 1 rings (SSSR count). The molecule has 0 atom stereocenters. The minimum atomic E-state index is 0. The summed E-state index contributed by atoms with van der Waals surface area (Å²) in [6.45, 7) is 0. The number of hydrogen-bond donors (Lipinski definition) is 0. The number of hydrogen-bond acceptors (Lipinski definition) is 3. The Morgan fingerprint density at radius 2 is 1.64 bits per heavy atom. The SMILES string of the molecule is C1=C/C=C\OO/N=C\C=C1.Cl. The van der Waals surface area contributed by atoms with Gasteiger partial charge < -0.3 is 0 Å². The molecular weight excluding hydrogens is 166 g/mol. The molecule has 0 amide bonds. The van der Waals surface area contributed by atoms with Crippen LogP contribution in [-0.2, 0) is 9.88 Å². The molecule has 0 N–H and O–H groups in total. The largest absolute Gasteiger partial charge is 0.276 e. The third-order valence-corrected chi connectivity index (χ3v) is 0.812. The quantitative estimate of drug-likeness (QED) is 0.525. The zero-order valence-electron chi connectivity index (χ0n) is 5.71. The van der Waals surface area contributed by atoms with Gasteiger partial charge in [0.05, 0.1) is 6.21 Å². The molecule has 11 heavy (non-hydrogen) atoms. The van der Waals surface area contributed by atoms with Crippen molar-refractivity contribution in [1.29, 1.82) is 0 Å². The number of oxime groups is 1. The van der Waals surface area contributed by atoms with Gasteiger partial charge in [0.25, 0.3) is 0 Å². The number of nitrogens with zero attached hydrogens (tertiary/aromatic N) is 1. The van der Waals surface area contributed by atoms with Crippen molar-refractivity contribution in [2.45, 2.75) is 0 Å². The van der Waals surface area contributed by atoms with Crippen LogP contribution in [0.4, 0.5) is 0 Å². The Labute approximate surface area is 71.0 Å². The van der Waals surface area contributed by atoms with Crippen LogP contribution in [0.5, 0.6) is 0 Å². The van der Waals surface area contributed by atoms with Crippen molar-refractivity contribution >= 4 is 18.6 Å². The Balaban J connectivity index is 0.000001000. The highest BCUT2D eigenvalue weighted by Gasteiger charge is 1.73. The molecule has 0 fully saturated rings. The summed E-state index contributed by atoms with van der Waals surface area (Å²) in [7, 11) is 0. The van der Waals surface area contributed by atoms with Crippen LogP contribution >= 0.6 is 12.4 Å². The molecule has 0 saturated carbocycles. The summed E-state index contributed by atoms with van der Waals surface area (Å²) in [6.07, 6.45) is 11.8. The number of halogens is 1. The molecule has 0 unspecified atom stereocenters. The summed E-state index contributed by atoms with van der Waals surface area (Å²) in [5.41, 5.74) is 0. The highest BCUT2D eigenvalue weighted by molar-refractivity contribution is 5.85. The maximum Gasteiger partial charge on any atom is 0.145 e.